The normalized spacial score (nSPS) is 11.0. The summed E-state index contributed by atoms with van der Waals surface area (Å²) in [7, 11) is 1.68. The molecule has 0 aliphatic heterocycles. The Morgan fingerprint density at radius 3 is 2.47 bits per heavy atom. The maximum atomic E-state index is 12.7. The number of rotatable bonds is 6. The second kappa shape index (κ2) is 11.0. The second-order valence-corrected chi connectivity index (χ2v) is 7.71. The lowest BCUT2D eigenvalue weighted by Crippen LogP contribution is -2.27. The molecule has 3 N–H and O–H groups in total. The minimum atomic E-state index is -5.08. The summed E-state index contributed by atoms with van der Waals surface area (Å²) in [6, 6.07) is 5.36. The first kappa shape index (κ1) is 26.7. The number of aliphatic carboxylic acids is 1. The molecule has 0 aliphatic rings. The van der Waals surface area contributed by atoms with Gasteiger partial charge in [-0.2, -0.15) is 27.1 Å². The number of halogens is 5. The molecule has 0 saturated heterocycles. The van der Waals surface area contributed by atoms with Crippen LogP contribution in [0, 0.1) is 0 Å². The zero-order valence-electron chi connectivity index (χ0n) is 17.4. The molecule has 0 fully saturated rings. The number of nitrogens with two attached hydrogens (primary N) is 1. The molecule has 0 atom stereocenters. The molecule has 0 aliphatic carbocycles. The number of aryl methyl sites for hydroxylation is 1. The zero-order valence-corrected chi connectivity index (χ0v) is 18.2. The van der Waals surface area contributed by atoms with Crippen molar-refractivity contribution in [3.05, 3.63) is 73.5 Å². The predicted octanol–water partition coefficient (Wildman–Crippen LogP) is 2.26. The molecule has 3 heterocycles. The van der Waals surface area contributed by atoms with Gasteiger partial charge in [0.2, 0.25) is 0 Å². The molecule has 0 amide bonds. The first-order valence-electron chi connectivity index (χ1n) is 9.24. The van der Waals surface area contributed by atoms with Crippen LogP contribution in [-0.2, 0) is 24.9 Å². The first-order valence-corrected chi connectivity index (χ1v) is 10.1. The lowest BCUT2D eigenvalue weighted by Gasteiger charge is -2.02. The van der Waals surface area contributed by atoms with Gasteiger partial charge < -0.3 is 15.4 Å². The summed E-state index contributed by atoms with van der Waals surface area (Å²) >= 11 is 1.40. The molecule has 0 spiro atoms. The number of aromatic nitrogens is 4. The third-order valence-corrected chi connectivity index (χ3v) is 5.23. The third kappa shape index (κ3) is 6.71. The van der Waals surface area contributed by atoms with Crippen molar-refractivity contribution < 1.29 is 31.9 Å². The standard InChI is InChI=1S/C17H17F2N5O2S.C2HF3O2/c1-22-4-2-3-14(16(22)25)11-5-13(27-9-11)8-23-10-21-24(17(23)26)7-12(6-20)15(18)19;3-2(4,5)1(6)7/h2-5,9-10H,6-8,20H2,1H3;(H,6,7). The van der Waals surface area contributed by atoms with Crippen molar-refractivity contribution in [1.82, 2.24) is 18.9 Å². The molecule has 0 aromatic carbocycles. The van der Waals surface area contributed by atoms with Crippen molar-refractivity contribution in [3.8, 4) is 11.1 Å². The molecule has 184 valence electrons. The van der Waals surface area contributed by atoms with Crippen molar-refractivity contribution in [1.29, 1.82) is 0 Å². The number of carboxylic acid groups (broad SMARTS) is 1. The third-order valence-electron chi connectivity index (χ3n) is 4.31. The Kier molecular flexibility index (Phi) is 8.64. The van der Waals surface area contributed by atoms with Crippen LogP contribution in [-0.4, -0.2) is 42.7 Å². The average molecular weight is 507 g/mol. The van der Waals surface area contributed by atoms with Gasteiger partial charge in [0.1, 0.15) is 6.33 Å². The number of carboxylic acids is 1. The molecule has 3 aromatic heterocycles. The van der Waals surface area contributed by atoms with Gasteiger partial charge in [-0.15, -0.1) is 11.3 Å². The minimum absolute atomic E-state index is 0.110. The van der Waals surface area contributed by atoms with E-state index in [9.17, 15) is 31.5 Å². The molecule has 34 heavy (non-hydrogen) atoms. The smallest absolute Gasteiger partial charge is 0.475 e. The quantitative estimate of drug-likeness (QED) is 0.493. The molecule has 0 unspecified atom stereocenters. The number of hydrogen-bond donors (Lipinski definition) is 2. The van der Waals surface area contributed by atoms with Crippen LogP contribution >= 0.6 is 11.3 Å². The summed E-state index contributed by atoms with van der Waals surface area (Å²) < 4.78 is 60.9. The first-order chi connectivity index (χ1) is 15.8. The van der Waals surface area contributed by atoms with E-state index in [1.165, 1.54) is 26.8 Å². The maximum Gasteiger partial charge on any atom is 0.490 e. The van der Waals surface area contributed by atoms with E-state index in [0.29, 0.717) is 5.56 Å². The van der Waals surface area contributed by atoms with E-state index in [-0.39, 0.29) is 30.8 Å². The summed E-state index contributed by atoms with van der Waals surface area (Å²) in [6.45, 7) is -0.460. The van der Waals surface area contributed by atoms with Gasteiger partial charge in [0.05, 0.1) is 13.1 Å². The predicted molar refractivity (Wildman–Crippen MR) is 113 cm³/mol. The van der Waals surface area contributed by atoms with Gasteiger partial charge in [-0.05, 0) is 29.1 Å². The van der Waals surface area contributed by atoms with E-state index in [4.69, 9.17) is 15.6 Å². The SMILES string of the molecule is Cn1cccc(-c2csc(Cn3cnn(CC(CN)=C(F)F)c3=O)c2)c1=O.O=C(O)C(F)(F)F. The van der Waals surface area contributed by atoms with Crippen LogP contribution in [0.2, 0.25) is 0 Å². The number of alkyl halides is 3. The second-order valence-electron chi connectivity index (χ2n) is 6.71. The van der Waals surface area contributed by atoms with Crippen molar-refractivity contribution in [2.24, 2.45) is 12.8 Å². The summed E-state index contributed by atoms with van der Waals surface area (Å²) in [5, 5.41) is 12.8. The Bertz CT molecular complexity index is 1300. The Morgan fingerprint density at radius 2 is 1.91 bits per heavy atom. The fraction of sp³-hybridized carbons (Fsp3) is 0.263. The number of nitrogens with zero attached hydrogens (tertiary/aromatic N) is 4. The molecule has 9 nitrogen and oxygen atoms in total. The summed E-state index contributed by atoms with van der Waals surface area (Å²) in [5.74, 6) is -2.76. The van der Waals surface area contributed by atoms with Gasteiger partial charge in [0.25, 0.3) is 11.6 Å². The Morgan fingerprint density at radius 1 is 1.26 bits per heavy atom. The number of hydrogen-bond acceptors (Lipinski definition) is 6. The molecule has 0 saturated carbocycles. The van der Waals surface area contributed by atoms with Crippen LogP contribution in [0.15, 0.2) is 57.3 Å². The van der Waals surface area contributed by atoms with Crippen molar-refractivity contribution >= 4 is 17.3 Å². The van der Waals surface area contributed by atoms with E-state index in [2.05, 4.69) is 5.10 Å². The van der Waals surface area contributed by atoms with E-state index in [1.54, 1.807) is 25.4 Å². The summed E-state index contributed by atoms with van der Waals surface area (Å²) in [6.07, 6.45) is -4.00. The van der Waals surface area contributed by atoms with Gasteiger partial charge in [-0.25, -0.2) is 14.3 Å². The maximum absolute atomic E-state index is 12.7. The Hall–Kier alpha value is -3.59. The lowest BCUT2D eigenvalue weighted by atomic mass is 10.1. The highest BCUT2D eigenvalue weighted by molar-refractivity contribution is 7.10. The minimum Gasteiger partial charge on any atom is -0.475 e. The summed E-state index contributed by atoms with van der Waals surface area (Å²) in [5.41, 5.74) is 5.66. The molecular weight excluding hydrogens is 489 g/mol. The Balaban J connectivity index is 0.000000509. The lowest BCUT2D eigenvalue weighted by molar-refractivity contribution is -0.192. The molecule has 0 radical (unpaired) electrons. The highest BCUT2D eigenvalue weighted by Crippen LogP contribution is 2.23. The van der Waals surface area contributed by atoms with Crippen LogP contribution in [0.1, 0.15) is 4.88 Å². The van der Waals surface area contributed by atoms with Crippen LogP contribution in [0.3, 0.4) is 0 Å². The van der Waals surface area contributed by atoms with E-state index < -0.39 is 23.9 Å². The van der Waals surface area contributed by atoms with Crippen LogP contribution in [0.5, 0.6) is 0 Å². The van der Waals surface area contributed by atoms with E-state index in [0.717, 1.165) is 15.1 Å². The van der Waals surface area contributed by atoms with E-state index in [1.807, 2.05) is 11.4 Å². The average Bonchev–Trinajstić information content (AvgIpc) is 3.35. The number of pyridine rings is 1. The van der Waals surface area contributed by atoms with Crippen LogP contribution < -0.4 is 17.0 Å². The topological polar surface area (TPSA) is 125 Å². The van der Waals surface area contributed by atoms with E-state index >= 15 is 0 Å². The molecule has 3 aromatic rings. The van der Waals surface area contributed by atoms with Crippen molar-refractivity contribution in [2.45, 2.75) is 19.3 Å². The number of thiophene rings is 1. The molecule has 3 rings (SSSR count). The van der Waals surface area contributed by atoms with Gasteiger partial charge in [-0.1, -0.05) is 0 Å². The molecule has 15 heteroatoms. The fourth-order valence-corrected chi connectivity index (χ4v) is 3.44. The highest BCUT2D eigenvalue weighted by atomic mass is 32.1. The fourth-order valence-electron chi connectivity index (χ4n) is 2.56. The van der Waals surface area contributed by atoms with Crippen molar-refractivity contribution in [3.63, 3.8) is 0 Å². The molecule has 0 bridgehead atoms. The monoisotopic (exact) mass is 507 g/mol. The van der Waals surface area contributed by atoms with Crippen LogP contribution in [0.25, 0.3) is 11.1 Å². The Labute approximate surface area is 191 Å². The van der Waals surface area contributed by atoms with Gasteiger partial charge in [0, 0.05) is 35.8 Å². The summed E-state index contributed by atoms with van der Waals surface area (Å²) in [4.78, 5) is 34.3. The van der Waals surface area contributed by atoms with Gasteiger partial charge in [-0.3, -0.25) is 9.36 Å². The van der Waals surface area contributed by atoms with Crippen molar-refractivity contribution in [2.75, 3.05) is 6.54 Å². The van der Waals surface area contributed by atoms with Crippen LogP contribution in [0.4, 0.5) is 22.0 Å². The van der Waals surface area contributed by atoms with Gasteiger partial charge >= 0.3 is 17.8 Å². The zero-order chi connectivity index (χ0) is 25.6. The number of carbonyl (C=O) groups is 1. The molecular formula is C19H18F5N5O4S. The van der Waals surface area contributed by atoms with Gasteiger partial charge in [0.15, 0.2) is 0 Å². The largest absolute Gasteiger partial charge is 0.490 e. The highest BCUT2D eigenvalue weighted by Gasteiger charge is 2.38.